The Labute approximate surface area is 125 Å². The molecule has 2 amide bonds. The number of aryl methyl sites for hydroxylation is 1. The first-order valence-electron chi connectivity index (χ1n) is 5.89. The molecule has 0 fully saturated rings. The van der Waals surface area contributed by atoms with Gasteiger partial charge in [-0.25, -0.2) is 4.79 Å². The smallest absolute Gasteiger partial charge is 0.319 e. The highest BCUT2D eigenvalue weighted by Crippen LogP contribution is 2.19. The van der Waals surface area contributed by atoms with Crippen molar-refractivity contribution in [2.45, 2.75) is 19.8 Å². The van der Waals surface area contributed by atoms with Crippen molar-refractivity contribution >= 4 is 34.2 Å². The first kappa shape index (κ1) is 18.7. The highest BCUT2D eigenvalue weighted by molar-refractivity contribution is 7.85. The summed E-state index contributed by atoms with van der Waals surface area (Å²) >= 11 is 0. The molecule has 0 aliphatic carbocycles. The Hall–Kier alpha value is -1.31. The maximum atomic E-state index is 11.4. The Bertz CT molecular complexity index is 548. The number of anilines is 1. The number of nitrogens with zero attached hydrogens (tertiary/aromatic N) is 1. The van der Waals surface area contributed by atoms with Crippen LogP contribution in [0.3, 0.4) is 0 Å². The zero-order chi connectivity index (χ0) is 14.5. The van der Waals surface area contributed by atoms with Crippen LogP contribution in [0.5, 0.6) is 0 Å². The molecule has 0 atom stereocenters. The van der Waals surface area contributed by atoms with Gasteiger partial charge in [0.15, 0.2) is 0 Å². The van der Waals surface area contributed by atoms with E-state index >= 15 is 0 Å². The van der Waals surface area contributed by atoms with Gasteiger partial charge in [-0.3, -0.25) is 9.45 Å². The van der Waals surface area contributed by atoms with Crippen LogP contribution >= 0.6 is 12.4 Å². The summed E-state index contributed by atoms with van der Waals surface area (Å²) in [4.78, 5) is 12.8. The fourth-order valence-corrected chi connectivity index (χ4v) is 2.34. The number of amides is 2. The molecule has 0 aliphatic rings. The van der Waals surface area contributed by atoms with Crippen molar-refractivity contribution in [2.75, 3.05) is 17.2 Å². The Balaban J connectivity index is 0.00000361. The molecule has 0 spiro atoms. The number of nitrogens with two attached hydrogens (primary N) is 1. The third-order valence-corrected chi connectivity index (χ3v) is 3.51. The third-order valence-electron chi connectivity index (χ3n) is 2.71. The van der Waals surface area contributed by atoms with Gasteiger partial charge in [0, 0.05) is 12.2 Å². The number of para-hydroxylation sites is 1. The van der Waals surface area contributed by atoms with Gasteiger partial charge in [-0.1, -0.05) is 18.2 Å². The van der Waals surface area contributed by atoms with Gasteiger partial charge in [-0.2, -0.15) is 8.42 Å². The molecule has 3 N–H and O–H groups in total. The van der Waals surface area contributed by atoms with Gasteiger partial charge in [0.25, 0.3) is 10.1 Å². The normalized spacial score (nSPS) is 10.7. The summed E-state index contributed by atoms with van der Waals surface area (Å²) in [5.41, 5.74) is 6.95. The van der Waals surface area contributed by atoms with Crippen molar-refractivity contribution < 1.29 is 17.8 Å². The molecule has 0 saturated heterocycles. The standard InChI is InChI=1S/C12H18N2O4S.ClH/c1-10-6-2-3-7-11(10)14(12(13)15)8-4-5-9-19(16,17)18;/h2-3,6-7H,4-5,8-9H2,1H3,(H2,13,15)(H,16,17,18);1H. The lowest BCUT2D eigenvalue weighted by Gasteiger charge is -2.22. The molecule has 0 bridgehead atoms. The number of carbonyl (C=O) groups is 1. The molecular weight excluding hydrogens is 304 g/mol. The summed E-state index contributed by atoms with van der Waals surface area (Å²) in [7, 11) is -3.95. The summed E-state index contributed by atoms with van der Waals surface area (Å²) in [6.07, 6.45) is 0.714. The molecule has 0 saturated carbocycles. The zero-order valence-electron chi connectivity index (χ0n) is 11.2. The largest absolute Gasteiger partial charge is 0.351 e. The number of halogens is 1. The van der Waals surface area contributed by atoms with E-state index < -0.39 is 16.1 Å². The highest BCUT2D eigenvalue weighted by Gasteiger charge is 2.14. The number of hydrogen-bond acceptors (Lipinski definition) is 3. The maximum Gasteiger partial charge on any atom is 0.319 e. The van der Waals surface area contributed by atoms with Gasteiger partial charge in [0.2, 0.25) is 0 Å². The summed E-state index contributed by atoms with van der Waals surface area (Å²) < 4.78 is 29.8. The first-order valence-corrected chi connectivity index (χ1v) is 7.50. The van der Waals surface area contributed by atoms with Crippen LogP contribution in [0.15, 0.2) is 24.3 Å². The summed E-state index contributed by atoms with van der Waals surface area (Å²) in [5, 5.41) is 0. The topological polar surface area (TPSA) is 101 Å². The van der Waals surface area contributed by atoms with Crippen molar-refractivity contribution in [2.24, 2.45) is 5.73 Å². The Morgan fingerprint density at radius 3 is 2.40 bits per heavy atom. The lowest BCUT2D eigenvalue weighted by molar-refractivity contribution is 0.254. The second-order valence-electron chi connectivity index (χ2n) is 4.27. The predicted octanol–water partition coefficient (Wildman–Crippen LogP) is 1.97. The molecule has 114 valence electrons. The number of hydrogen-bond donors (Lipinski definition) is 2. The first-order chi connectivity index (χ1) is 8.81. The Kier molecular flexibility index (Phi) is 7.55. The number of benzene rings is 1. The average molecular weight is 323 g/mol. The van der Waals surface area contributed by atoms with Crippen molar-refractivity contribution in [1.82, 2.24) is 0 Å². The van der Waals surface area contributed by atoms with E-state index in [0.29, 0.717) is 18.7 Å². The maximum absolute atomic E-state index is 11.4. The fraction of sp³-hybridized carbons (Fsp3) is 0.417. The van der Waals surface area contributed by atoms with Crippen molar-refractivity contribution in [3.8, 4) is 0 Å². The van der Waals surface area contributed by atoms with Gasteiger partial charge in [-0.15, -0.1) is 12.4 Å². The number of urea groups is 1. The monoisotopic (exact) mass is 322 g/mol. The number of rotatable bonds is 6. The van der Waals surface area contributed by atoms with Gasteiger partial charge >= 0.3 is 6.03 Å². The molecule has 1 aromatic rings. The Morgan fingerprint density at radius 2 is 1.90 bits per heavy atom. The van der Waals surface area contributed by atoms with Crippen LogP contribution in [0.4, 0.5) is 10.5 Å². The minimum Gasteiger partial charge on any atom is -0.351 e. The molecule has 0 heterocycles. The molecule has 6 nitrogen and oxygen atoms in total. The van der Waals surface area contributed by atoms with E-state index in [1.807, 2.05) is 19.1 Å². The minimum absolute atomic E-state index is 0. The van der Waals surface area contributed by atoms with Crippen LogP contribution in [0.1, 0.15) is 18.4 Å². The fourth-order valence-electron chi connectivity index (χ4n) is 1.77. The lowest BCUT2D eigenvalue weighted by atomic mass is 10.1. The van der Waals surface area contributed by atoms with Crippen LogP contribution in [0, 0.1) is 6.92 Å². The number of unbranched alkanes of at least 4 members (excludes halogenated alkanes) is 1. The van der Waals surface area contributed by atoms with E-state index in [-0.39, 0.29) is 24.6 Å². The molecule has 0 aliphatic heterocycles. The van der Waals surface area contributed by atoms with Crippen LogP contribution in [-0.2, 0) is 10.1 Å². The lowest BCUT2D eigenvalue weighted by Crippen LogP contribution is -2.37. The van der Waals surface area contributed by atoms with E-state index in [1.165, 1.54) is 4.90 Å². The molecule has 0 aromatic heterocycles. The predicted molar refractivity (Wildman–Crippen MR) is 81.0 cm³/mol. The quantitative estimate of drug-likeness (QED) is 0.617. The van der Waals surface area contributed by atoms with Crippen LogP contribution < -0.4 is 10.6 Å². The second-order valence-corrected chi connectivity index (χ2v) is 5.84. The van der Waals surface area contributed by atoms with Gasteiger partial charge in [-0.05, 0) is 31.4 Å². The van der Waals surface area contributed by atoms with Gasteiger partial charge in [0.1, 0.15) is 0 Å². The Morgan fingerprint density at radius 1 is 1.30 bits per heavy atom. The van der Waals surface area contributed by atoms with E-state index in [1.54, 1.807) is 12.1 Å². The molecule has 1 rings (SSSR count). The van der Waals surface area contributed by atoms with Crippen molar-refractivity contribution in [3.05, 3.63) is 29.8 Å². The van der Waals surface area contributed by atoms with E-state index in [9.17, 15) is 13.2 Å². The molecule has 0 unspecified atom stereocenters. The SMILES string of the molecule is Cc1ccccc1N(CCCCS(=O)(=O)O)C(N)=O.Cl. The van der Waals surface area contributed by atoms with Gasteiger partial charge < -0.3 is 5.73 Å². The van der Waals surface area contributed by atoms with Crippen LogP contribution in [0.2, 0.25) is 0 Å². The average Bonchev–Trinajstić information content (AvgIpc) is 2.29. The van der Waals surface area contributed by atoms with Crippen LogP contribution in [-0.4, -0.2) is 31.3 Å². The van der Waals surface area contributed by atoms with E-state index in [2.05, 4.69) is 0 Å². The van der Waals surface area contributed by atoms with Crippen molar-refractivity contribution in [1.29, 1.82) is 0 Å². The summed E-state index contributed by atoms with van der Waals surface area (Å²) in [6, 6.07) is 6.72. The number of carbonyl (C=O) groups excluding carboxylic acids is 1. The minimum atomic E-state index is -3.95. The molecule has 8 heteroatoms. The molecular formula is C12H19ClN2O4S. The zero-order valence-corrected chi connectivity index (χ0v) is 12.8. The highest BCUT2D eigenvalue weighted by atomic mass is 35.5. The summed E-state index contributed by atoms with van der Waals surface area (Å²) in [6.45, 7) is 2.18. The van der Waals surface area contributed by atoms with Gasteiger partial charge in [0.05, 0.1) is 5.75 Å². The summed E-state index contributed by atoms with van der Waals surface area (Å²) in [5.74, 6) is -0.312. The number of primary amides is 1. The van der Waals surface area contributed by atoms with Crippen LogP contribution in [0.25, 0.3) is 0 Å². The molecule has 20 heavy (non-hydrogen) atoms. The molecule has 1 aromatic carbocycles. The van der Waals surface area contributed by atoms with E-state index in [4.69, 9.17) is 10.3 Å². The van der Waals surface area contributed by atoms with E-state index in [0.717, 1.165) is 5.56 Å². The molecule has 0 radical (unpaired) electrons. The third kappa shape index (κ3) is 6.23. The van der Waals surface area contributed by atoms with Crippen molar-refractivity contribution in [3.63, 3.8) is 0 Å². The second kappa shape index (κ2) is 8.08.